The molecule has 21 heavy (non-hydrogen) atoms. The molecule has 1 aliphatic heterocycles. The van der Waals surface area contributed by atoms with E-state index in [9.17, 15) is 4.79 Å². The smallest absolute Gasteiger partial charge is 0.271 e. The fourth-order valence-electron chi connectivity index (χ4n) is 2.13. The maximum Gasteiger partial charge on any atom is 0.271 e. The van der Waals surface area contributed by atoms with E-state index >= 15 is 0 Å². The summed E-state index contributed by atoms with van der Waals surface area (Å²) >= 11 is 0. The number of fused-ring (bicyclic) bond motifs is 1. The van der Waals surface area contributed by atoms with Gasteiger partial charge < -0.3 is 20.5 Å². The van der Waals surface area contributed by atoms with Crippen LogP contribution in [0.25, 0.3) is 0 Å². The van der Waals surface area contributed by atoms with Crippen LogP contribution in [-0.2, 0) is 6.42 Å². The molecule has 1 aromatic heterocycles. The van der Waals surface area contributed by atoms with E-state index in [4.69, 9.17) is 15.2 Å². The van der Waals surface area contributed by atoms with Crippen LogP contribution in [0.3, 0.4) is 0 Å². The predicted octanol–water partition coefficient (Wildman–Crippen LogP) is 0.736. The molecule has 110 valence electrons. The molecule has 7 nitrogen and oxygen atoms in total. The van der Waals surface area contributed by atoms with Crippen LogP contribution < -0.4 is 20.5 Å². The molecule has 0 fully saturated rings. The predicted molar refractivity (Wildman–Crippen MR) is 76.5 cm³/mol. The quantitative estimate of drug-likeness (QED) is 0.770. The first-order valence-corrected chi connectivity index (χ1v) is 6.69. The van der Waals surface area contributed by atoms with Crippen molar-refractivity contribution >= 4 is 11.6 Å². The molecule has 0 spiro atoms. The van der Waals surface area contributed by atoms with E-state index in [-0.39, 0.29) is 11.6 Å². The van der Waals surface area contributed by atoms with Crippen LogP contribution in [-0.4, -0.2) is 35.9 Å². The van der Waals surface area contributed by atoms with Gasteiger partial charge in [-0.15, -0.1) is 0 Å². The molecular formula is C14H16N4O3. The van der Waals surface area contributed by atoms with Crippen LogP contribution in [0.5, 0.6) is 11.5 Å². The van der Waals surface area contributed by atoms with E-state index in [1.165, 1.54) is 6.20 Å². The highest BCUT2D eigenvalue weighted by atomic mass is 16.6. The van der Waals surface area contributed by atoms with Crippen molar-refractivity contribution in [1.82, 2.24) is 15.5 Å². The van der Waals surface area contributed by atoms with Crippen LogP contribution in [0.4, 0.5) is 5.69 Å². The fraction of sp³-hybridized carbons (Fsp3) is 0.286. The number of H-pyrrole nitrogens is 1. The number of carbonyl (C=O) groups excluding carboxylic acids is 1. The summed E-state index contributed by atoms with van der Waals surface area (Å²) in [5.74, 6) is 1.25. The normalized spacial score (nSPS) is 13.0. The third-order valence-electron chi connectivity index (χ3n) is 3.20. The minimum absolute atomic E-state index is 0.262. The molecule has 0 bridgehead atoms. The summed E-state index contributed by atoms with van der Waals surface area (Å²) in [6.07, 6.45) is 2.10. The lowest BCUT2D eigenvalue weighted by Gasteiger charge is -2.18. The van der Waals surface area contributed by atoms with Gasteiger partial charge in [0.1, 0.15) is 18.9 Å². The number of ether oxygens (including phenoxy) is 2. The molecule has 1 amide bonds. The van der Waals surface area contributed by atoms with Crippen LogP contribution in [0.1, 0.15) is 16.1 Å². The first kappa shape index (κ1) is 13.3. The molecule has 1 aromatic carbocycles. The van der Waals surface area contributed by atoms with Crippen molar-refractivity contribution in [2.45, 2.75) is 6.42 Å². The average Bonchev–Trinajstić information content (AvgIpc) is 2.93. The Labute approximate surface area is 121 Å². The number of nitrogens with zero attached hydrogens (tertiary/aromatic N) is 1. The van der Waals surface area contributed by atoms with Crippen LogP contribution in [0, 0.1) is 0 Å². The Morgan fingerprint density at radius 2 is 2.14 bits per heavy atom. The molecule has 3 rings (SSSR count). The minimum Gasteiger partial charge on any atom is -0.486 e. The number of anilines is 1. The summed E-state index contributed by atoms with van der Waals surface area (Å²) in [5, 5.41) is 9.08. The Kier molecular flexibility index (Phi) is 3.63. The number of nitrogen functional groups attached to an aromatic ring is 1. The van der Waals surface area contributed by atoms with Crippen molar-refractivity contribution in [1.29, 1.82) is 0 Å². The number of aromatic amines is 1. The lowest BCUT2D eigenvalue weighted by atomic mass is 10.1. The van der Waals surface area contributed by atoms with Gasteiger partial charge in [-0.1, -0.05) is 6.07 Å². The lowest BCUT2D eigenvalue weighted by molar-refractivity contribution is 0.0950. The lowest BCUT2D eigenvalue weighted by Crippen LogP contribution is -2.26. The molecule has 7 heteroatoms. The molecular weight excluding hydrogens is 272 g/mol. The highest BCUT2D eigenvalue weighted by Crippen LogP contribution is 2.30. The molecule has 0 aliphatic carbocycles. The largest absolute Gasteiger partial charge is 0.486 e. The van der Waals surface area contributed by atoms with Gasteiger partial charge in [0.25, 0.3) is 5.91 Å². The summed E-state index contributed by atoms with van der Waals surface area (Å²) in [7, 11) is 0. The number of amides is 1. The van der Waals surface area contributed by atoms with Gasteiger partial charge in [-0.2, -0.15) is 5.10 Å². The summed E-state index contributed by atoms with van der Waals surface area (Å²) < 4.78 is 11.0. The topological polar surface area (TPSA) is 102 Å². The molecule has 0 unspecified atom stereocenters. The Morgan fingerprint density at radius 1 is 1.33 bits per heavy atom. The van der Waals surface area contributed by atoms with Crippen LogP contribution >= 0.6 is 0 Å². The van der Waals surface area contributed by atoms with E-state index in [0.29, 0.717) is 31.9 Å². The third-order valence-corrected chi connectivity index (χ3v) is 3.20. The first-order chi connectivity index (χ1) is 10.2. The number of nitrogens with two attached hydrogens (primary N) is 1. The molecule has 0 atom stereocenters. The molecule has 4 N–H and O–H groups in total. The highest BCUT2D eigenvalue weighted by Gasteiger charge is 2.13. The minimum atomic E-state index is -0.262. The number of hydrogen-bond acceptors (Lipinski definition) is 5. The zero-order valence-corrected chi connectivity index (χ0v) is 11.4. The van der Waals surface area contributed by atoms with Gasteiger partial charge in [-0.3, -0.25) is 9.89 Å². The van der Waals surface area contributed by atoms with E-state index < -0.39 is 0 Å². The summed E-state index contributed by atoms with van der Waals surface area (Å²) in [5.41, 5.74) is 7.31. The zero-order chi connectivity index (χ0) is 14.7. The highest BCUT2D eigenvalue weighted by molar-refractivity contribution is 5.96. The second-order valence-corrected chi connectivity index (χ2v) is 4.68. The maximum atomic E-state index is 11.8. The maximum absolute atomic E-state index is 11.8. The van der Waals surface area contributed by atoms with Gasteiger partial charge in [-0.25, -0.2) is 0 Å². The zero-order valence-electron chi connectivity index (χ0n) is 11.4. The summed E-state index contributed by atoms with van der Waals surface area (Å²) in [6.45, 7) is 1.64. The van der Waals surface area contributed by atoms with Gasteiger partial charge in [0, 0.05) is 6.54 Å². The molecule has 2 aromatic rings. The van der Waals surface area contributed by atoms with Crippen molar-refractivity contribution in [2.75, 3.05) is 25.5 Å². The second-order valence-electron chi connectivity index (χ2n) is 4.68. The third kappa shape index (κ3) is 2.91. The van der Waals surface area contributed by atoms with E-state index in [1.54, 1.807) is 0 Å². The van der Waals surface area contributed by atoms with E-state index in [1.807, 2.05) is 18.2 Å². The van der Waals surface area contributed by atoms with Gasteiger partial charge in [0.05, 0.1) is 11.9 Å². The number of nitrogens with one attached hydrogen (secondary N) is 2. The monoisotopic (exact) mass is 288 g/mol. The average molecular weight is 288 g/mol. The Balaban J connectivity index is 1.56. The number of benzene rings is 1. The van der Waals surface area contributed by atoms with Crippen molar-refractivity contribution in [3.8, 4) is 11.5 Å². The number of aromatic nitrogens is 2. The van der Waals surface area contributed by atoms with E-state index in [0.717, 1.165) is 17.1 Å². The van der Waals surface area contributed by atoms with Gasteiger partial charge in [0.15, 0.2) is 11.5 Å². The van der Waals surface area contributed by atoms with Crippen LogP contribution in [0.2, 0.25) is 0 Å². The van der Waals surface area contributed by atoms with Crippen molar-refractivity contribution in [2.24, 2.45) is 0 Å². The van der Waals surface area contributed by atoms with Crippen molar-refractivity contribution in [3.05, 3.63) is 35.7 Å². The standard InChI is InChI=1S/C14H16N4O3/c15-10-8-17-18-13(10)14(19)16-4-3-9-1-2-11-12(7-9)21-6-5-20-11/h1-2,7-8H,3-6,15H2,(H,16,19)(H,17,18). The summed E-state index contributed by atoms with van der Waals surface area (Å²) in [6, 6.07) is 5.79. The van der Waals surface area contributed by atoms with Crippen molar-refractivity contribution in [3.63, 3.8) is 0 Å². The van der Waals surface area contributed by atoms with Crippen LogP contribution in [0.15, 0.2) is 24.4 Å². The summed E-state index contributed by atoms with van der Waals surface area (Å²) in [4.78, 5) is 11.8. The second kappa shape index (κ2) is 5.74. The fourth-order valence-corrected chi connectivity index (χ4v) is 2.13. The molecule has 0 saturated heterocycles. The Bertz CT molecular complexity index is 653. The number of rotatable bonds is 4. The first-order valence-electron chi connectivity index (χ1n) is 6.69. The molecule has 2 heterocycles. The Morgan fingerprint density at radius 3 is 2.90 bits per heavy atom. The molecule has 0 radical (unpaired) electrons. The number of carbonyl (C=O) groups is 1. The SMILES string of the molecule is Nc1cn[nH]c1C(=O)NCCc1ccc2c(c1)OCCO2. The molecule has 0 saturated carbocycles. The van der Waals surface area contributed by atoms with Gasteiger partial charge in [-0.05, 0) is 24.1 Å². The van der Waals surface area contributed by atoms with Crippen molar-refractivity contribution < 1.29 is 14.3 Å². The Hall–Kier alpha value is -2.70. The number of hydrogen-bond donors (Lipinski definition) is 3. The van der Waals surface area contributed by atoms with Gasteiger partial charge in [0.2, 0.25) is 0 Å². The molecule has 1 aliphatic rings. The van der Waals surface area contributed by atoms with E-state index in [2.05, 4.69) is 15.5 Å². The van der Waals surface area contributed by atoms with Gasteiger partial charge >= 0.3 is 0 Å².